The Morgan fingerprint density at radius 2 is 1.06 bits per heavy atom. The lowest BCUT2D eigenvalue weighted by Crippen LogP contribution is -2.45. The number of halogens is 10. The molecule has 0 aromatic rings. The van der Waals surface area contributed by atoms with E-state index in [0.29, 0.717) is 0 Å². The normalized spacial score (nSPS) is 18.4. The van der Waals surface area contributed by atoms with Crippen LogP contribution in [0.3, 0.4) is 0 Å². The molecule has 2 nitrogen and oxygen atoms in total. The Bertz CT molecular complexity index is 245. The molecule has 0 bridgehead atoms. The maximum Gasteiger partial charge on any atom is 0.529 e. The monoisotopic (exact) mass is 302 g/mol. The number of rotatable bonds is 4. The van der Waals surface area contributed by atoms with Gasteiger partial charge in [-0.15, -0.1) is 22.0 Å². The summed E-state index contributed by atoms with van der Waals surface area (Å²) >= 11 is 7.89. The van der Waals surface area contributed by atoms with Gasteiger partial charge in [-0.05, 0) is 23.2 Å². The van der Waals surface area contributed by atoms with E-state index in [1.54, 1.807) is 0 Å². The van der Waals surface area contributed by atoms with Crippen molar-refractivity contribution in [1.29, 1.82) is 0 Å². The van der Waals surface area contributed by atoms with Gasteiger partial charge in [0, 0.05) is 0 Å². The van der Waals surface area contributed by atoms with Crippen LogP contribution in [0.4, 0.5) is 35.1 Å². The number of hydrogen-bond donors (Lipinski definition) is 0. The van der Waals surface area contributed by atoms with Gasteiger partial charge in [0.2, 0.25) is 0 Å². The van der Waals surface area contributed by atoms with Gasteiger partial charge < -0.3 is 0 Å². The molecular formula is C4Cl2F8O2. The second kappa shape index (κ2) is 4.31. The van der Waals surface area contributed by atoms with E-state index in [4.69, 9.17) is 0 Å². The summed E-state index contributed by atoms with van der Waals surface area (Å²) in [7, 11) is 0. The molecule has 0 saturated carbocycles. The molecular weight excluding hydrogens is 303 g/mol. The third-order valence-electron chi connectivity index (χ3n) is 0.812. The Labute approximate surface area is 92.0 Å². The van der Waals surface area contributed by atoms with E-state index in [9.17, 15) is 35.1 Å². The van der Waals surface area contributed by atoms with Crippen LogP contribution in [-0.4, -0.2) is 23.4 Å². The number of hydrogen-bond acceptors (Lipinski definition) is 2. The fraction of sp³-hybridized carbons (Fsp3) is 1.00. The average molecular weight is 303 g/mol. The summed E-state index contributed by atoms with van der Waals surface area (Å²) in [4.78, 5) is 0. The zero-order chi connectivity index (χ0) is 13.4. The molecule has 0 fully saturated rings. The number of alkyl halides is 10. The predicted octanol–water partition coefficient (Wildman–Crippen LogP) is 3.78. The molecule has 0 heterocycles. The maximum atomic E-state index is 12.4. The first-order valence-corrected chi connectivity index (χ1v) is 3.71. The lowest BCUT2D eigenvalue weighted by atomic mass is 10.7. The van der Waals surface area contributed by atoms with Crippen LogP contribution in [0, 0.1) is 0 Å². The van der Waals surface area contributed by atoms with E-state index in [-0.39, 0.29) is 0 Å². The summed E-state index contributed by atoms with van der Waals surface area (Å²) in [5.41, 5.74) is 0. The summed E-state index contributed by atoms with van der Waals surface area (Å²) in [6.07, 6.45) is -11.7. The molecule has 0 aliphatic rings. The largest absolute Gasteiger partial charge is 0.529 e. The fourth-order valence-electron chi connectivity index (χ4n) is 0.363. The van der Waals surface area contributed by atoms with E-state index >= 15 is 0 Å². The van der Waals surface area contributed by atoms with Crippen molar-refractivity contribution < 1.29 is 44.6 Å². The number of ether oxygens (including phenoxy) is 2. The summed E-state index contributed by atoms with van der Waals surface area (Å²) in [5, 5.41) is -10.3. The Hall–Kier alpha value is -0.0600. The van der Waals surface area contributed by atoms with Crippen LogP contribution in [-0.2, 0) is 9.47 Å². The minimum absolute atomic E-state index is 1.88. The standard InChI is InChI=1S/C4Cl2F8O2/c5-1(7,8)2(6,9)15-4(13,14)16-3(10,11)12. The SMILES string of the molecule is FC(F)(F)OC(F)(F)OC(F)(Cl)C(F)(F)Cl. The molecule has 0 aromatic carbocycles. The van der Waals surface area contributed by atoms with Crippen molar-refractivity contribution in [3.63, 3.8) is 0 Å². The summed E-state index contributed by atoms with van der Waals surface area (Å²) < 4.78 is 98.3. The molecule has 0 radical (unpaired) electrons. The van der Waals surface area contributed by atoms with E-state index < -0.39 is 23.4 Å². The second-order valence-corrected chi connectivity index (χ2v) is 3.09. The molecule has 0 rings (SSSR count). The molecule has 0 saturated heterocycles. The molecule has 1 atom stereocenters. The van der Waals surface area contributed by atoms with Crippen LogP contribution in [0.15, 0.2) is 0 Å². The van der Waals surface area contributed by atoms with Gasteiger partial charge in [0.05, 0.1) is 0 Å². The van der Waals surface area contributed by atoms with Crippen molar-refractivity contribution in [2.75, 3.05) is 0 Å². The van der Waals surface area contributed by atoms with E-state index in [0.717, 1.165) is 0 Å². The first-order chi connectivity index (χ1) is 6.66. The van der Waals surface area contributed by atoms with Gasteiger partial charge in [-0.3, -0.25) is 0 Å². The van der Waals surface area contributed by atoms with Gasteiger partial charge in [0.25, 0.3) is 0 Å². The minimum Gasteiger partial charge on any atom is -0.237 e. The third kappa shape index (κ3) is 5.32. The van der Waals surface area contributed by atoms with Gasteiger partial charge in [-0.1, -0.05) is 0 Å². The average Bonchev–Trinajstić information content (AvgIpc) is 1.72. The van der Waals surface area contributed by atoms with Crippen LogP contribution >= 0.6 is 23.2 Å². The minimum atomic E-state index is -5.96. The van der Waals surface area contributed by atoms with Crippen LogP contribution in [0.1, 0.15) is 0 Å². The lowest BCUT2D eigenvalue weighted by molar-refractivity contribution is -0.520. The molecule has 0 N–H and O–H groups in total. The van der Waals surface area contributed by atoms with Crippen molar-refractivity contribution >= 4 is 23.2 Å². The molecule has 16 heavy (non-hydrogen) atoms. The molecule has 0 aliphatic carbocycles. The summed E-state index contributed by atoms with van der Waals surface area (Å²) in [6.45, 7) is 0. The highest BCUT2D eigenvalue weighted by Gasteiger charge is 2.62. The quantitative estimate of drug-likeness (QED) is 0.447. The lowest BCUT2D eigenvalue weighted by Gasteiger charge is -2.26. The van der Waals surface area contributed by atoms with Crippen molar-refractivity contribution in [2.24, 2.45) is 0 Å². The van der Waals surface area contributed by atoms with Crippen molar-refractivity contribution in [3.8, 4) is 0 Å². The first kappa shape index (κ1) is 15.9. The Kier molecular flexibility index (Phi) is 4.30. The highest BCUT2D eigenvalue weighted by atomic mass is 35.5. The Morgan fingerprint density at radius 3 is 1.31 bits per heavy atom. The highest BCUT2D eigenvalue weighted by molar-refractivity contribution is 6.31. The smallest absolute Gasteiger partial charge is 0.237 e. The predicted molar refractivity (Wildman–Crippen MR) is 33.7 cm³/mol. The molecule has 12 heteroatoms. The second-order valence-electron chi connectivity index (χ2n) is 2.13. The molecule has 0 amide bonds. The van der Waals surface area contributed by atoms with Crippen LogP contribution in [0.5, 0.6) is 0 Å². The molecule has 0 aromatic heterocycles. The van der Waals surface area contributed by atoms with Crippen molar-refractivity contribution in [3.05, 3.63) is 0 Å². The van der Waals surface area contributed by atoms with Crippen LogP contribution in [0.25, 0.3) is 0 Å². The van der Waals surface area contributed by atoms with E-state index in [2.05, 4.69) is 27.9 Å². The topological polar surface area (TPSA) is 18.5 Å². The van der Waals surface area contributed by atoms with Gasteiger partial charge in [-0.25, -0.2) is 9.47 Å². The van der Waals surface area contributed by atoms with Crippen LogP contribution < -0.4 is 0 Å². The molecule has 1 unspecified atom stereocenters. The van der Waals surface area contributed by atoms with Crippen molar-refractivity contribution in [2.45, 2.75) is 23.4 Å². The third-order valence-corrected chi connectivity index (χ3v) is 1.47. The zero-order valence-electron chi connectivity index (χ0n) is 6.60. The van der Waals surface area contributed by atoms with Gasteiger partial charge in [0.15, 0.2) is 0 Å². The first-order valence-electron chi connectivity index (χ1n) is 2.96. The van der Waals surface area contributed by atoms with Gasteiger partial charge in [0.1, 0.15) is 0 Å². The maximum absolute atomic E-state index is 12.4. The van der Waals surface area contributed by atoms with E-state index in [1.165, 1.54) is 0 Å². The summed E-state index contributed by atoms with van der Waals surface area (Å²) in [6, 6.07) is 0. The fourth-order valence-corrected chi connectivity index (χ4v) is 0.491. The Balaban J connectivity index is 4.72. The Morgan fingerprint density at radius 1 is 0.688 bits per heavy atom. The van der Waals surface area contributed by atoms with Gasteiger partial charge in [-0.2, -0.15) is 13.2 Å². The van der Waals surface area contributed by atoms with E-state index in [1.807, 2.05) is 4.74 Å². The highest BCUT2D eigenvalue weighted by Crippen LogP contribution is 2.45. The van der Waals surface area contributed by atoms with Gasteiger partial charge >= 0.3 is 23.4 Å². The molecule has 98 valence electrons. The zero-order valence-corrected chi connectivity index (χ0v) is 8.11. The summed E-state index contributed by atoms with van der Waals surface area (Å²) in [5.74, 6) is 0. The molecule has 0 aliphatic heterocycles. The van der Waals surface area contributed by atoms with Crippen molar-refractivity contribution in [1.82, 2.24) is 0 Å². The molecule has 0 spiro atoms. The van der Waals surface area contributed by atoms with Crippen LogP contribution in [0.2, 0.25) is 0 Å².